The molecule has 4 fully saturated rings. The zero-order valence-corrected chi connectivity index (χ0v) is 23.5. The van der Waals surface area contributed by atoms with Gasteiger partial charge in [0.15, 0.2) is 0 Å². The first kappa shape index (κ1) is 25.7. The third-order valence-electron chi connectivity index (χ3n) is 8.74. The predicted molar refractivity (Wildman–Crippen MR) is 155 cm³/mol. The predicted octanol–water partition coefficient (Wildman–Crippen LogP) is 3.47. The van der Waals surface area contributed by atoms with Gasteiger partial charge in [-0.05, 0) is 49.6 Å². The minimum absolute atomic E-state index is 0.510. The molecule has 0 spiro atoms. The highest BCUT2D eigenvalue weighted by molar-refractivity contribution is 5.85. The Labute approximate surface area is 239 Å². The van der Waals surface area contributed by atoms with E-state index in [0.717, 1.165) is 67.4 Å². The number of hydrogen-bond acceptors (Lipinski definition) is 9. The largest absolute Gasteiger partial charge is 0.492 e. The first-order valence-electron chi connectivity index (χ1n) is 14.3. The molecular weight excluding hydrogens is 516 g/mol. The Morgan fingerprint density at radius 3 is 2.56 bits per heavy atom. The van der Waals surface area contributed by atoms with E-state index >= 15 is 0 Å². The van der Waals surface area contributed by atoms with Gasteiger partial charge in [0.05, 0.1) is 37.2 Å². The monoisotopic (exact) mass is 550 g/mol. The maximum atomic E-state index is 9.73. The highest BCUT2D eigenvalue weighted by Crippen LogP contribution is 2.36. The summed E-state index contributed by atoms with van der Waals surface area (Å²) in [7, 11) is 3.79. The third-order valence-corrected chi connectivity index (χ3v) is 8.74. The molecule has 4 saturated heterocycles. The molecule has 10 nitrogen and oxygen atoms in total. The summed E-state index contributed by atoms with van der Waals surface area (Å²) in [5, 5.41) is 14.2. The Bertz CT molecular complexity index is 1560. The van der Waals surface area contributed by atoms with E-state index in [0.29, 0.717) is 36.1 Å². The van der Waals surface area contributed by atoms with Crippen LogP contribution in [0.15, 0.2) is 55.1 Å². The lowest BCUT2D eigenvalue weighted by Gasteiger charge is -2.56. The lowest BCUT2D eigenvalue weighted by Crippen LogP contribution is -2.68. The van der Waals surface area contributed by atoms with Gasteiger partial charge in [-0.15, -0.1) is 0 Å². The summed E-state index contributed by atoms with van der Waals surface area (Å²) in [6.45, 7) is 5.75. The van der Waals surface area contributed by atoms with Gasteiger partial charge < -0.3 is 19.3 Å². The van der Waals surface area contributed by atoms with Crippen molar-refractivity contribution in [1.82, 2.24) is 29.4 Å². The second-order valence-electron chi connectivity index (χ2n) is 11.5. The van der Waals surface area contributed by atoms with Gasteiger partial charge >= 0.3 is 0 Å². The standard InChI is InChI=1S/C31H34N8O2/c1-36-15-22(16-36)7-8-41-27-10-28(31-24(11-32)14-35-39(31)20-27)23-4-5-29(33-13-23)37-18-25-9-26(19-37)38(25)17-21-3-6-30(40-2)34-12-21/h3-6,10,12-14,20,22,25-26H,7-9,15-19H2,1-2H3. The summed E-state index contributed by atoms with van der Waals surface area (Å²) in [4.78, 5) is 16.5. The molecule has 4 aromatic rings. The van der Waals surface area contributed by atoms with Gasteiger partial charge in [-0.25, -0.2) is 14.5 Å². The fourth-order valence-corrected chi connectivity index (χ4v) is 6.53. The molecule has 41 heavy (non-hydrogen) atoms. The summed E-state index contributed by atoms with van der Waals surface area (Å²) < 4.78 is 13.1. The van der Waals surface area contributed by atoms with Crippen LogP contribution in [-0.2, 0) is 6.54 Å². The van der Waals surface area contributed by atoms with Crippen molar-refractivity contribution in [2.24, 2.45) is 5.92 Å². The molecular formula is C31H34N8O2. The number of nitriles is 1. The van der Waals surface area contributed by atoms with Gasteiger partial charge in [0.1, 0.15) is 17.6 Å². The topological polar surface area (TPSA) is 95.1 Å². The zero-order valence-electron chi connectivity index (χ0n) is 23.5. The van der Waals surface area contributed by atoms with E-state index in [1.807, 2.05) is 30.7 Å². The fourth-order valence-electron chi connectivity index (χ4n) is 6.53. The molecule has 4 aliphatic rings. The molecule has 2 unspecified atom stereocenters. The molecule has 210 valence electrons. The number of piperidine rings is 1. The molecule has 0 aliphatic carbocycles. The van der Waals surface area contributed by atoms with E-state index < -0.39 is 0 Å². The lowest BCUT2D eigenvalue weighted by atomic mass is 9.87. The number of fused-ring (bicyclic) bond motifs is 3. The lowest BCUT2D eigenvalue weighted by molar-refractivity contribution is -0.00876. The van der Waals surface area contributed by atoms with Crippen LogP contribution in [0.4, 0.5) is 5.82 Å². The molecule has 10 heteroatoms. The van der Waals surface area contributed by atoms with Crippen molar-refractivity contribution in [1.29, 1.82) is 5.26 Å². The Hall–Kier alpha value is -4.20. The van der Waals surface area contributed by atoms with Gasteiger partial charge in [-0.1, -0.05) is 6.07 Å². The number of aromatic nitrogens is 4. The van der Waals surface area contributed by atoms with Gasteiger partial charge in [-0.3, -0.25) is 4.90 Å². The van der Waals surface area contributed by atoms with Crippen molar-refractivity contribution >= 4 is 11.3 Å². The molecule has 0 saturated carbocycles. The van der Waals surface area contributed by atoms with E-state index in [9.17, 15) is 5.26 Å². The molecule has 2 atom stereocenters. The van der Waals surface area contributed by atoms with Crippen LogP contribution in [0.2, 0.25) is 0 Å². The van der Waals surface area contributed by atoms with E-state index in [4.69, 9.17) is 14.5 Å². The third kappa shape index (κ3) is 4.96. The molecule has 0 amide bonds. The van der Waals surface area contributed by atoms with Crippen LogP contribution < -0.4 is 14.4 Å². The van der Waals surface area contributed by atoms with Crippen LogP contribution in [0.1, 0.15) is 24.0 Å². The SMILES string of the molecule is COc1ccc(CN2C3CC2CN(c2ccc(-c4cc(OCCC5CN(C)C5)cn5ncc(C#N)c45)cn2)C3)cn1. The number of anilines is 1. The Kier molecular flexibility index (Phi) is 6.69. The minimum Gasteiger partial charge on any atom is -0.492 e. The summed E-state index contributed by atoms with van der Waals surface area (Å²) in [6.07, 6.45) is 9.55. The average molecular weight is 551 g/mol. The van der Waals surface area contributed by atoms with Crippen molar-refractivity contribution in [2.45, 2.75) is 31.5 Å². The molecule has 4 aliphatic heterocycles. The summed E-state index contributed by atoms with van der Waals surface area (Å²) in [5.74, 6) is 3.08. The molecule has 0 aromatic carbocycles. The molecule has 8 heterocycles. The number of piperazine rings is 1. The van der Waals surface area contributed by atoms with Crippen LogP contribution in [0.25, 0.3) is 16.6 Å². The smallest absolute Gasteiger partial charge is 0.212 e. The summed E-state index contributed by atoms with van der Waals surface area (Å²) >= 11 is 0. The molecule has 0 N–H and O–H groups in total. The number of likely N-dealkylation sites (tertiary alicyclic amines) is 1. The summed E-state index contributed by atoms with van der Waals surface area (Å²) in [6, 6.07) is 13.5. The quantitative estimate of drug-likeness (QED) is 0.310. The first-order chi connectivity index (χ1) is 20.1. The van der Waals surface area contributed by atoms with Crippen molar-refractivity contribution in [3.05, 3.63) is 66.2 Å². The zero-order chi connectivity index (χ0) is 27.9. The van der Waals surface area contributed by atoms with Crippen LogP contribution in [-0.4, -0.2) is 88.4 Å². The Morgan fingerprint density at radius 2 is 1.88 bits per heavy atom. The first-order valence-corrected chi connectivity index (χ1v) is 14.3. The van der Waals surface area contributed by atoms with Gasteiger partial charge in [0, 0.05) is 74.4 Å². The van der Waals surface area contributed by atoms with Crippen molar-refractivity contribution < 1.29 is 9.47 Å². The van der Waals surface area contributed by atoms with Crippen LogP contribution >= 0.6 is 0 Å². The number of nitrogens with zero attached hydrogens (tertiary/aromatic N) is 8. The second-order valence-corrected chi connectivity index (χ2v) is 11.5. The number of pyridine rings is 3. The highest BCUT2D eigenvalue weighted by Gasteiger charge is 2.44. The Balaban J connectivity index is 1.05. The van der Waals surface area contributed by atoms with Gasteiger partial charge in [0.2, 0.25) is 5.88 Å². The van der Waals surface area contributed by atoms with Crippen LogP contribution in [0.5, 0.6) is 11.6 Å². The van der Waals surface area contributed by atoms with E-state index in [1.165, 1.54) is 12.0 Å². The number of methoxy groups -OCH3 is 1. The fraction of sp³-hybridized carbons (Fsp3) is 0.419. The molecule has 4 aromatic heterocycles. The molecule has 8 rings (SSSR count). The van der Waals surface area contributed by atoms with Crippen LogP contribution in [0.3, 0.4) is 0 Å². The number of rotatable bonds is 9. The Morgan fingerprint density at radius 1 is 1.02 bits per heavy atom. The van der Waals surface area contributed by atoms with Crippen LogP contribution in [0, 0.1) is 17.2 Å². The average Bonchev–Trinajstić information content (AvgIpc) is 3.42. The number of hydrogen-bond donors (Lipinski definition) is 0. The maximum absolute atomic E-state index is 9.73. The molecule has 2 bridgehead atoms. The maximum Gasteiger partial charge on any atom is 0.212 e. The van der Waals surface area contributed by atoms with E-state index in [2.05, 4.69) is 56.1 Å². The number of ether oxygens (including phenoxy) is 2. The van der Waals surface area contributed by atoms with Crippen molar-refractivity contribution in [2.75, 3.05) is 51.8 Å². The molecule has 0 radical (unpaired) electrons. The van der Waals surface area contributed by atoms with E-state index in [-0.39, 0.29) is 0 Å². The van der Waals surface area contributed by atoms with Crippen molar-refractivity contribution in [3.63, 3.8) is 0 Å². The highest BCUT2D eigenvalue weighted by atomic mass is 16.5. The summed E-state index contributed by atoms with van der Waals surface area (Å²) in [5.41, 5.74) is 4.37. The van der Waals surface area contributed by atoms with Crippen molar-refractivity contribution in [3.8, 4) is 28.8 Å². The minimum atomic E-state index is 0.510. The van der Waals surface area contributed by atoms with E-state index in [1.54, 1.807) is 17.8 Å². The normalized spacial score (nSPS) is 20.9. The van der Waals surface area contributed by atoms with Gasteiger partial charge in [-0.2, -0.15) is 10.4 Å². The van der Waals surface area contributed by atoms with Gasteiger partial charge in [0.25, 0.3) is 0 Å². The second kappa shape index (κ2) is 10.7.